The Bertz CT molecular complexity index is 2390. The largest absolute Gasteiger partial charge is 0.465 e. The van der Waals surface area contributed by atoms with Gasteiger partial charge in [0.05, 0.1) is 35.9 Å². The van der Waals surface area contributed by atoms with Gasteiger partial charge in [0.25, 0.3) is 0 Å². The summed E-state index contributed by atoms with van der Waals surface area (Å²) in [5, 5.41) is 11.7. The van der Waals surface area contributed by atoms with Gasteiger partial charge in [0.1, 0.15) is 17.7 Å². The number of imidazole rings is 2. The van der Waals surface area contributed by atoms with Gasteiger partial charge in [-0.3, -0.25) is 14.5 Å². The predicted octanol–water partition coefficient (Wildman–Crippen LogP) is 9.22. The third-order valence-electron chi connectivity index (χ3n) is 12.5. The van der Waals surface area contributed by atoms with Crippen molar-refractivity contribution in [1.82, 2.24) is 39.5 Å². The van der Waals surface area contributed by atoms with Gasteiger partial charge < -0.3 is 29.8 Å². The van der Waals surface area contributed by atoms with E-state index in [1.54, 1.807) is 11.3 Å². The summed E-state index contributed by atoms with van der Waals surface area (Å²) in [5.41, 5.74) is 7.00. The van der Waals surface area contributed by atoms with Crippen molar-refractivity contribution in [1.29, 1.82) is 0 Å². The Labute approximate surface area is 361 Å². The molecule has 3 amide bonds. The fraction of sp³-hybridized carbons (Fsp3) is 0.354. The molecule has 13 heteroatoms. The van der Waals surface area contributed by atoms with Crippen LogP contribution in [0.3, 0.4) is 0 Å². The maximum absolute atomic E-state index is 14.2. The Morgan fingerprint density at radius 1 is 0.754 bits per heavy atom. The number of likely N-dealkylation sites (N-methyl/N-ethyl adjacent to an activating group) is 2. The third kappa shape index (κ3) is 9.03. The Hall–Kier alpha value is -6.05. The van der Waals surface area contributed by atoms with Crippen LogP contribution in [-0.4, -0.2) is 102 Å². The molecule has 2 fully saturated rings. The quantitative estimate of drug-likeness (QED) is 0.0937. The minimum Gasteiger partial charge on any atom is -0.465 e. The number of hydrogen-bond donors (Lipinski definition) is 3. The number of nitrogens with one attached hydrogen (secondary N) is 2. The van der Waals surface area contributed by atoms with Crippen LogP contribution in [0.25, 0.3) is 33.6 Å². The van der Waals surface area contributed by atoms with Gasteiger partial charge in [0.15, 0.2) is 0 Å². The van der Waals surface area contributed by atoms with Crippen LogP contribution in [0.1, 0.15) is 86.2 Å². The molecule has 0 bridgehead atoms. The van der Waals surface area contributed by atoms with E-state index < -0.39 is 12.1 Å². The SMILES string of the molecule is CCN(CC)[C@@H](C(=O)N1CCC[C@H]1c1ncc(-c2ccc(-c3ccc(-c4cnc([C@@H]5CCCN5C(=O)C[C@H](Cc5cccs5)N(C)C(=O)O)[nH]4)cc3)cc2)[nH]1)c1ccccc1. The zero-order valence-corrected chi connectivity index (χ0v) is 35.9. The molecule has 12 nitrogen and oxygen atoms in total. The van der Waals surface area contributed by atoms with E-state index in [9.17, 15) is 19.5 Å². The van der Waals surface area contributed by atoms with E-state index in [4.69, 9.17) is 9.97 Å². The van der Waals surface area contributed by atoms with E-state index in [1.807, 2.05) is 57.9 Å². The van der Waals surface area contributed by atoms with Crippen molar-refractivity contribution in [2.75, 3.05) is 33.2 Å². The molecule has 0 unspecified atom stereocenters. The number of H-pyrrole nitrogens is 2. The summed E-state index contributed by atoms with van der Waals surface area (Å²) in [7, 11) is 1.54. The number of carboxylic acid groups (broad SMARTS) is 1. The Morgan fingerprint density at radius 3 is 1.82 bits per heavy atom. The first-order valence-electron chi connectivity index (χ1n) is 21.4. The van der Waals surface area contributed by atoms with E-state index in [0.717, 1.165) is 94.5 Å². The highest BCUT2D eigenvalue weighted by Crippen LogP contribution is 2.37. The minimum absolute atomic E-state index is 0.0611. The molecule has 8 rings (SSSR count). The number of aromatic amines is 2. The van der Waals surface area contributed by atoms with E-state index in [0.29, 0.717) is 19.5 Å². The molecule has 6 aromatic rings. The molecule has 3 aromatic carbocycles. The second-order valence-electron chi connectivity index (χ2n) is 16.0. The summed E-state index contributed by atoms with van der Waals surface area (Å²) in [5.74, 6) is 1.63. The number of benzene rings is 3. The second-order valence-corrected chi connectivity index (χ2v) is 17.1. The average Bonchev–Trinajstić information content (AvgIpc) is 4.15. The highest BCUT2D eigenvalue weighted by molar-refractivity contribution is 7.09. The standard InChI is InChI=1S/C48H54N8O4S/c1-4-54(5-2)44(36-12-7-6-8-13-36)47(58)56-26-10-16-42(56)46-50-31-40(52-46)35-23-19-33(20-24-35)32-17-21-34(22-18-32)39-30-49-45(51-39)41-15-9-25-55(41)43(57)29-37(53(3)48(59)60)28-38-14-11-27-61-38/h6-8,11-14,17-24,27,30-31,37,41-42,44H,4-5,9-10,15-16,25-26,28-29H2,1-3H3,(H,49,51)(H,50,52)(H,59,60)/t37-,41-,42-,44+/m0/s1. The molecule has 5 heterocycles. The predicted molar refractivity (Wildman–Crippen MR) is 239 cm³/mol. The van der Waals surface area contributed by atoms with Crippen LogP contribution >= 0.6 is 11.3 Å². The van der Waals surface area contributed by atoms with Crippen LogP contribution in [0.15, 0.2) is 109 Å². The molecule has 0 aliphatic carbocycles. The van der Waals surface area contributed by atoms with Crippen molar-refractivity contribution in [2.45, 2.75) is 76.5 Å². The van der Waals surface area contributed by atoms with E-state index >= 15 is 0 Å². The third-order valence-corrected chi connectivity index (χ3v) is 13.4. The normalized spacial score (nSPS) is 17.5. The molecule has 61 heavy (non-hydrogen) atoms. The van der Waals surface area contributed by atoms with Gasteiger partial charge in [-0.25, -0.2) is 14.8 Å². The fourth-order valence-corrected chi connectivity index (χ4v) is 9.80. The molecular weight excluding hydrogens is 785 g/mol. The average molecular weight is 839 g/mol. The molecule has 2 saturated heterocycles. The van der Waals surface area contributed by atoms with Gasteiger partial charge in [-0.1, -0.05) is 98.8 Å². The number of carbonyl (C=O) groups is 3. The monoisotopic (exact) mass is 838 g/mol. The van der Waals surface area contributed by atoms with E-state index in [1.165, 1.54) is 11.9 Å². The zero-order valence-electron chi connectivity index (χ0n) is 35.0. The minimum atomic E-state index is -1.04. The van der Waals surface area contributed by atoms with Gasteiger partial charge in [-0.2, -0.15) is 0 Å². The van der Waals surface area contributed by atoms with Gasteiger partial charge in [-0.05, 0) is 78.0 Å². The van der Waals surface area contributed by atoms with Gasteiger partial charge >= 0.3 is 6.09 Å². The molecular formula is C48H54N8O4S. The van der Waals surface area contributed by atoms with Crippen molar-refractivity contribution >= 4 is 29.2 Å². The summed E-state index contributed by atoms with van der Waals surface area (Å²) < 4.78 is 0. The Kier molecular flexibility index (Phi) is 12.8. The summed E-state index contributed by atoms with van der Waals surface area (Å²) in [6, 6.07) is 29.8. The number of rotatable bonds is 15. The number of likely N-dealkylation sites (tertiary alicyclic amines) is 2. The molecule has 4 atom stereocenters. The number of aromatic nitrogens is 4. The number of amides is 3. The lowest BCUT2D eigenvalue weighted by Crippen LogP contribution is -2.43. The molecule has 3 aromatic heterocycles. The molecule has 0 saturated carbocycles. The van der Waals surface area contributed by atoms with Crippen LogP contribution in [0.4, 0.5) is 4.79 Å². The Morgan fingerprint density at radius 2 is 1.30 bits per heavy atom. The lowest BCUT2D eigenvalue weighted by molar-refractivity contribution is -0.138. The topological polar surface area (TPSA) is 142 Å². The summed E-state index contributed by atoms with van der Waals surface area (Å²) in [6.07, 6.45) is 6.74. The summed E-state index contributed by atoms with van der Waals surface area (Å²) in [6.45, 7) is 7.13. The first kappa shape index (κ1) is 41.7. The summed E-state index contributed by atoms with van der Waals surface area (Å²) >= 11 is 1.57. The van der Waals surface area contributed by atoms with E-state index in [-0.39, 0.29) is 36.4 Å². The number of hydrogen-bond acceptors (Lipinski definition) is 7. The van der Waals surface area contributed by atoms with Crippen LogP contribution in [0.2, 0.25) is 0 Å². The molecule has 3 N–H and O–H groups in total. The molecule has 0 radical (unpaired) electrons. The smallest absolute Gasteiger partial charge is 0.407 e. The van der Waals surface area contributed by atoms with Crippen LogP contribution in [0, 0.1) is 0 Å². The Balaban J connectivity index is 0.911. The zero-order chi connectivity index (χ0) is 42.5. The highest BCUT2D eigenvalue weighted by Gasteiger charge is 2.38. The van der Waals surface area contributed by atoms with Crippen molar-refractivity contribution < 1.29 is 19.5 Å². The number of carbonyl (C=O) groups excluding carboxylic acids is 2. The lowest BCUT2D eigenvalue weighted by Gasteiger charge is -2.34. The van der Waals surface area contributed by atoms with Gasteiger partial charge in [0, 0.05) is 43.9 Å². The van der Waals surface area contributed by atoms with Crippen molar-refractivity contribution in [2.24, 2.45) is 0 Å². The maximum Gasteiger partial charge on any atom is 0.407 e. The van der Waals surface area contributed by atoms with Crippen LogP contribution in [-0.2, 0) is 16.0 Å². The highest BCUT2D eigenvalue weighted by atomic mass is 32.1. The van der Waals surface area contributed by atoms with Crippen molar-refractivity contribution in [3.05, 3.63) is 131 Å². The maximum atomic E-state index is 14.2. The molecule has 0 spiro atoms. The molecule has 316 valence electrons. The van der Waals surface area contributed by atoms with Crippen LogP contribution in [0.5, 0.6) is 0 Å². The first-order chi connectivity index (χ1) is 29.7. The van der Waals surface area contributed by atoms with Crippen molar-refractivity contribution in [3.63, 3.8) is 0 Å². The molecule has 2 aliphatic rings. The number of nitrogens with zero attached hydrogens (tertiary/aromatic N) is 6. The first-order valence-corrected chi connectivity index (χ1v) is 22.3. The molecule has 2 aliphatic heterocycles. The lowest BCUT2D eigenvalue weighted by atomic mass is 10.0. The van der Waals surface area contributed by atoms with Crippen molar-refractivity contribution in [3.8, 4) is 33.6 Å². The van der Waals surface area contributed by atoms with Gasteiger partial charge in [-0.15, -0.1) is 11.3 Å². The van der Waals surface area contributed by atoms with Gasteiger partial charge in [0.2, 0.25) is 11.8 Å². The van der Waals surface area contributed by atoms with E-state index in [2.05, 4.69) is 89.4 Å². The fourth-order valence-electron chi connectivity index (χ4n) is 9.03. The summed E-state index contributed by atoms with van der Waals surface area (Å²) in [4.78, 5) is 64.8. The number of thiophene rings is 1. The second kappa shape index (κ2) is 18.7. The van der Waals surface area contributed by atoms with Crippen LogP contribution < -0.4 is 0 Å².